The van der Waals surface area contributed by atoms with Crippen molar-refractivity contribution in [2.45, 2.75) is 20.1 Å². The van der Waals surface area contributed by atoms with Crippen LogP contribution in [0, 0.1) is 10.1 Å². The number of nitrogens with zero attached hydrogens (tertiary/aromatic N) is 1. The number of rotatable bonds is 5. The van der Waals surface area contributed by atoms with Crippen molar-refractivity contribution in [3.63, 3.8) is 0 Å². The maximum atomic E-state index is 10.7. The highest BCUT2D eigenvalue weighted by molar-refractivity contribution is 5.44. The van der Waals surface area contributed by atoms with Gasteiger partial charge >= 0.3 is 0 Å². The first kappa shape index (κ1) is 11.6. The van der Waals surface area contributed by atoms with Gasteiger partial charge in [-0.3, -0.25) is 10.1 Å². The minimum Gasteiger partial charge on any atom is -0.391 e. The Morgan fingerprint density at radius 3 is 2.80 bits per heavy atom. The quantitative estimate of drug-likeness (QED) is 0.593. The average molecular weight is 211 g/mol. The van der Waals surface area contributed by atoms with Gasteiger partial charge in [-0.2, -0.15) is 0 Å². The summed E-state index contributed by atoms with van der Waals surface area (Å²) in [6.45, 7) is 2.32. The lowest BCUT2D eigenvalue weighted by molar-refractivity contribution is -0.386. The molecule has 0 aliphatic heterocycles. The van der Waals surface area contributed by atoms with E-state index >= 15 is 0 Å². The molecule has 15 heavy (non-hydrogen) atoms. The van der Waals surface area contributed by atoms with E-state index in [1.54, 1.807) is 12.1 Å². The van der Waals surface area contributed by atoms with Crippen molar-refractivity contribution in [2.24, 2.45) is 0 Å². The molecule has 82 valence electrons. The second kappa shape index (κ2) is 5.43. The molecule has 5 nitrogen and oxygen atoms in total. The van der Waals surface area contributed by atoms with E-state index in [1.165, 1.54) is 6.07 Å². The molecule has 0 aromatic heterocycles. The number of aliphatic hydroxyl groups is 1. The number of ether oxygens (including phenoxy) is 1. The lowest BCUT2D eigenvalue weighted by Gasteiger charge is -2.07. The SMILES string of the molecule is CCOCc1cccc([N+](=O)[O-])c1CO. The molecule has 1 aromatic carbocycles. The summed E-state index contributed by atoms with van der Waals surface area (Å²) in [6.07, 6.45) is 0. The standard InChI is InChI=1S/C10H13NO4/c1-2-15-7-8-4-3-5-10(11(13)14)9(8)6-12/h3-5,12H,2,6-7H2,1H3. The molecular weight excluding hydrogens is 198 g/mol. The van der Waals surface area contributed by atoms with E-state index in [-0.39, 0.29) is 18.9 Å². The van der Waals surface area contributed by atoms with Crippen LogP contribution in [0.1, 0.15) is 18.1 Å². The first-order valence-corrected chi connectivity index (χ1v) is 4.64. The fourth-order valence-electron chi connectivity index (χ4n) is 1.32. The van der Waals surface area contributed by atoms with E-state index in [0.717, 1.165) is 0 Å². The molecule has 1 rings (SSSR count). The van der Waals surface area contributed by atoms with Crippen LogP contribution in [0.5, 0.6) is 0 Å². The Kier molecular flexibility index (Phi) is 4.20. The average Bonchev–Trinajstić information content (AvgIpc) is 2.25. The number of nitro groups is 1. The van der Waals surface area contributed by atoms with Crippen LogP contribution in [0.3, 0.4) is 0 Å². The summed E-state index contributed by atoms with van der Waals surface area (Å²) in [4.78, 5) is 10.2. The minimum atomic E-state index is -0.499. The van der Waals surface area contributed by atoms with Gasteiger partial charge in [0.1, 0.15) is 0 Å². The predicted molar refractivity (Wildman–Crippen MR) is 54.3 cm³/mol. The fourth-order valence-corrected chi connectivity index (χ4v) is 1.32. The molecule has 1 N–H and O–H groups in total. The summed E-state index contributed by atoms with van der Waals surface area (Å²) in [5.41, 5.74) is 0.930. The van der Waals surface area contributed by atoms with Gasteiger partial charge < -0.3 is 9.84 Å². The third kappa shape index (κ3) is 2.74. The van der Waals surface area contributed by atoms with E-state index in [1.807, 2.05) is 6.92 Å². The zero-order chi connectivity index (χ0) is 11.3. The molecule has 0 aliphatic carbocycles. The van der Waals surface area contributed by atoms with Crippen molar-refractivity contribution < 1.29 is 14.8 Å². The molecule has 0 atom stereocenters. The Bertz CT molecular complexity index is 351. The Morgan fingerprint density at radius 1 is 1.53 bits per heavy atom. The minimum absolute atomic E-state index is 0.0605. The number of benzene rings is 1. The maximum Gasteiger partial charge on any atom is 0.275 e. The van der Waals surface area contributed by atoms with E-state index in [4.69, 9.17) is 9.84 Å². The lowest BCUT2D eigenvalue weighted by atomic mass is 10.1. The molecule has 5 heteroatoms. The molecule has 0 fully saturated rings. The third-order valence-electron chi connectivity index (χ3n) is 2.06. The summed E-state index contributed by atoms with van der Waals surface area (Å²) in [7, 11) is 0. The third-order valence-corrected chi connectivity index (χ3v) is 2.06. The van der Waals surface area contributed by atoms with Gasteiger partial charge in [0.05, 0.1) is 23.7 Å². The normalized spacial score (nSPS) is 10.3. The molecular formula is C10H13NO4. The van der Waals surface area contributed by atoms with Crippen LogP contribution in [0.2, 0.25) is 0 Å². The molecule has 0 unspecified atom stereocenters. The van der Waals surface area contributed by atoms with Crippen LogP contribution in [0.25, 0.3) is 0 Å². The Labute approximate surface area is 87.5 Å². The van der Waals surface area contributed by atoms with Gasteiger partial charge in [-0.05, 0) is 12.5 Å². The van der Waals surface area contributed by atoms with E-state index in [2.05, 4.69) is 0 Å². The summed E-state index contributed by atoms with van der Waals surface area (Å²) in [5.74, 6) is 0. The Morgan fingerprint density at radius 2 is 2.27 bits per heavy atom. The van der Waals surface area contributed by atoms with Crippen LogP contribution in [0.15, 0.2) is 18.2 Å². The number of hydrogen-bond donors (Lipinski definition) is 1. The highest BCUT2D eigenvalue weighted by Crippen LogP contribution is 2.22. The lowest BCUT2D eigenvalue weighted by Crippen LogP contribution is -2.02. The van der Waals surface area contributed by atoms with Crippen LogP contribution in [0.4, 0.5) is 5.69 Å². The molecule has 0 saturated carbocycles. The van der Waals surface area contributed by atoms with Gasteiger partial charge in [0.2, 0.25) is 0 Å². The van der Waals surface area contributed by atoms with Crippen LogP contribution < -0.4 is 0 Å². The zero-order valence-corrected chi connectivity index (χ0v) is 8.47. The van der Waals surface area contributed by atoms with Crippen LogP contribution in [-0.4, -0.2) is 16.6 Å². The van der Waals surface area contributed by atoms with E-state index in [0.29, 0.717) is 17.7 Å². The molecule has 0 bridgehead atoms. The molecule has 0 heterocycles. The molecule has 0 spiro atoms. The molecule has 0 saturated heterocycles. The predicted octanol–water partition coefficient (Wildman–Crippen LogP) is 1.62. The van der Waals surface area contributed by atoms with Crippen molar-refractivity contribution in [1.29, 1.82) is 0 Å². The maximum absolute atomic E-state index is 10.7. The smallest absolute Gasteiger partial charge is 0.275 e. The summed E-state index contributed by atoms with van der Waals surface area (Å²) in [5, 5.41) is 19.7. The van der Waals surface area contributed by atoms with Crippen molar-refractivity contribution >= 4 is 5.69 Å². The molecule has 0 amide bonds. The van der Waals surface area contributed by atoms with E-state index in [9.17, 15) is 10.1 Å². The van der Waals surface area contributed by atoms with Crippen molar-refractivity contribution in [3.05, 3.63) is 39.4 Å². The number of nitro benzene ring substituents is 1. The molecule has 1 aromatic rings. The largest absolute Gasteiger partial charge is 0.391 e. The monoisotopic (exact) mass is 211 g/mol. The molecule has 0 aliphatic rings. The van der Waals surface area contributed by atoms with Gasteiger partial charge in [-0.1, -0.05) is 12.1 Å². The second-order valence-electron chi connectivity index (χ2n) is 2.97. The van der Waals surface area contributed by atoms with Crippen molar-refractivity contribution in [3.8, 4) is 0 Å². The first-order valence-electron chi connectivity index (χ1n) is 4.64. The zero-order valence-electron chi connectivity index (χ0n) is 8.47. The Hall–Kier alpha value is -1.46. The highest BCUT2D eigenvalue weighted by Gasteiger charge is 2.15. The summed E-state index contributed by atoms with van der Waals surface area (Å²) >= 11 is 0. The van der Waals surface area contributed by atoms with E-state index < -0.39 is 4.92 Å². The van der Waals surface area contributed by atoms with Crippen molar-refractivity contribution in [1.82, 2.24) is 0 Å². The summed E-state index contributed by atoms with van der Waals surface area (Å²) in [6, 6.07) is 4.68. The van der Waals surface area contributed by atoms with Gasteiger partial charge in [-0.15, -0.1) is 0 Å². The number of hydrogen-bond acceptors (Lipinski definition) is 4. The fraction of sp³-hybridized carbons (Fsp3) is 0.400. The van der Waals surface area contributed by atoms with Gasteiger partial charge in [0.15, 0.2) is 0 Å². The topological polar surface area (TPSA) is 72.6 Å². The van der Waals surface area contributed by atoms with Gasteiger partial charge in [-0.25, -0.2) is 0 Å². The molecule has 0 radical (unpaired) electrons. The van der Waals surface area contributed by atoms with Crippen molar-refractivity contribution in [2.75, 3.05) is 6.61 Å². The summed E-state index contributed by atoms with van der Waals surface area (Å²) < 4.78 is 5.16. The highest BCUT2D eigenvalue weighted by atomic mass is 16.6. The van der Waals surface area contributed by atoms with Gasteiger partial charge in [0, 0.05) is 12.7 Å². The second-order valence-corrected chi connectivity index (χ2v) is 2.97. The van der Waals surface area contributed by atoms with Crippen LogP contribution in [-0.2, 0) is 18.0 Å². The Balaban J connectivity index is 3.04. The number of aliphatic hydroxyl groups excluding tert-OH is 1. The van der Waals surface area contributed by atoms with Crippen LogP contribution >= 0.6 is 0 Å². The first-order chi connectivity index (χ1) is 7.20. The van der Waals surface area contributed by atoms with Gasteiger partial charge in [0.25, 0.3) is 5.69 Å².